The molecule has 1 aromatic heterocycles. The number of hydrogen-bond acceptors (Lipinski definition) is 5. The highest BCUT2D eigenvalue weighted by molar-refractivity contribution is 7.08. The van der Waals surface area contributed by atoms with Crippen molar-refractivity contribution in [3.63, 3.8) is 0 Å². The zero-order chi connectivity index (χ0) is 26.4. The van der Waals surface area contributed by atoms with E-state index in [2.05, 4.69) is 17.3 Å². The number of nitrogens with zero attached hydrogens (tertiary/aromatic N) is 2. The molecule has 6 nitrogen and oxygen atoms in total. The summed E-state index contributed by atoms with van der Waals surface area (Å²) in [6.45, 7) is 2.45. The first-order valence-corrected chi connectivity index (χ1v) is 14.1. The standard InChI is InChI=1S/C28H33Cl2N3O3S/c1-32-11-8-22(9-12-32)33(2)28(35)31-25(17-36-16-20-5-3-4-19(14-20)15-34)24-7-6-23(26(29)27(24)30)21-10-13-37-18-21/h3-7,10,13-14,18,22,25,34H,8-9,11-12,15-17H2,1-2H3,(H,31,35). The van der Waals surface area contributed by atoms with Crippen LogP contribution in [0.3, 0.4) is 0 Å². The maximum Gasteiger partial charge on any atom is 0.317 e. The molecule has 1 saturated heterocycles. The Morgan fingerprint density at radius 2 is 1.95 bits per heavy atom. The van der Waals surface area contributed by atoms with Crippen molar-refractivity contribution in [1.29, 1.82) is 0 Å². The molecule has 0 aliphatic carbocycles. The minimum atomic E-state index is -0.497. The Morgan fingerprint density at radius 1 is 1.19 bits per heavy atom. The number of benzene rings is 2. The summed E-state index contributed by atoms with van der Waals surface area (Å²) in [4.78, 5) is 17.4. The molecule has 1 unspecified atom stereocenters. The summed E-state index contributed by atoms with van der Waals surface area (Å²) < 4.78 is 6.05. The Kier molecular flexibility index (Phi) is 9.87. The van der Waals surface area contributed by atoms with E-state index in [0.717, 1.165) is 48.2 Å². The summed E-state index contributed by atoms with van der Waals surface area (Å²) in [6.07, 6.45) is 1.87. The number of ether oxygens (including phenoxy) is 1. The van der Waals surface area contributed by atoms with E-state index in [9.17, 15) is 9.90 Å². The summed E-state index contributed by atoms with van der Waals surface area (Å²) in [5, 5.41) is 17.4. The van der Waals surface area contributed by atoms with E-state index in [4.69, 9.17) is 27.9 Å². The molecule has 198 valence electrons. The summed E-state index contributed by atoms with van der Waals surface area (Å²) in [6, 6.07) is 13.0. The Bertz CT molecular complexity index is 1180. The number of carbonyl (C=O) groups is 1. The van der Waals surface area contributed by atoms with Crippen LogP contribution < -0.4 is 5.32 Å². The molecule has 2 aromatic carbocycles. The maximum absolute atomic E-state index is 13.3. The van der Waals surface area contributed by atoms with E-state index in [0.29, 0.717) is 22.2 Å². The first-order chi connectivity index (χ1) is 17.9. The third kappa shape index (κ3) is 7.05. The molecule has 0 saturated carbocycles. The van der Waals surface area contributed by atoms with Gasteiger partial charge in [-0.3, -0.25) is 0 Å². The van der Waals surface area contributed by atoms with E-state index in [1.165, 1.54) is 0 Å². The van der Waals surface area contributed by atoms with Crippen molar-refractivity contribution < 1.29 is 14.6 Å². The largest absolute Gasteiger partial charge is 0.392 e. The zero-order valence-corrected chi connectivity index (χ0v) is 23.5. The Morgan fingerprint density at radius 3 is 2.65 bits per heavy atom. The number of nitrogens with one attached hydrogen (secondary N) is 1. The molecule has 2 amide bonds. The van der Waals surface area contributed by atoms with Gasteiger partial charge in [-0.15, -0.1) is 0 Å². The monoisotopic (exact) mass is 561 g/mol. The smallest absolute Gasteiger partial charge is 0.317 e. The van der Waals surface area contributed by atoms with Crippen LogP contribution in [-0.2, 0) is 18.0 Å². The lowest BCUT2D eigenvalue weighted by atomic mass is 10.0. The van der Waals surface area contributed by atoms with Crippen LogP contribution in [0.2, 0.25) is 10.0 Å². The first-order valence-electron chi connectivity index (χ1n) is 12.4. The molecule has 4 rings (SSSR count). The number of piperidine rings is 1. The molecule has 2 heterocycles. The predicted molar refractivity (Wildman–Crippen MR) is 151 cm³/mol. The van der Waals surface area contributed by atoms with Crippen LogP contribution in [0.5, 0.6) is 0 Å². The second-order valence-electron chi connectivity index (χ2n) is 9.48. The number of halogens is 2. The number of likely N-dealkylation sites (tertiary alicyclic amines) is 1. The number of carbonyl (C=O) groups excluding carboxylic acids is 1. The number of hydrogen-bond donors (Lipinski definition) is 2. The molecule has 3 aromatic rings. The molecular weight excluding hydrogens is 529 g/mol. The highest BCUT2D eigenvalue weighted by Gasteiger charge is 2.27. The van der Waals surface area contributed by atoms with Crippen molar-refractivity contribution in [3.05, 3.63) is 80.0 Å². The molecule has 1 fully saturated rings. The summed E-state index contributed by atoms with van der Waals surface area (Å²) in [7, 11) is 3.95. The number of urea groups is 1. The number of rotatable bonds is 9. The van der Waals surface area contributed by atoms with Gasteiger partial charge < -0.3 is 25.0 Å². The minimum Gasteiger partial charge on any atom is -0.392 e. The predicted octanol–water partition coefficient (Wildman–Crippen LogP) is 6.21. The number of thiophene rings is 1. The van der Waals surface area contributed by atoms with Crippen LogP contribution in [0.4, 0.5) is 4.79 Å². The molecule has 1 aliphatic heterocycles. The van der Waals surface area contributed by atoms with Gasteiger partial charge in [0.15, 0.2) is 0 Å². The van der Waals surface area contributed by atoms with Crippen molar-refractivity contribution in [2.24, 2.45) is 0 Å². The average molecular weight is 563 g/mol. The lowest BCUT2D eigenvalue weighted by Gasteiger charge is -2.36. The molecule has 1 atom stereocenters. The van der Waals surface area contributed by atoms with Gasteiger partial charge in [-0.05, 0) is 72.1 Å². The quantitative estimate of drug-likeness (QED) is 0.326. The van der Waals surface area contributed by atoms with Gasteiger partial charge in [0.2, 0.25) is 0 Å². The number of amides is 2. The Hall–Kier alpha value is -2.13. The lowest BCUT2D eigenvalue weighted by Crippen LogP contribution is -2.49. The first kappa shape index (κ1) is 27.9. The van der Waals surface area contributed by atoms with Crippen molar-refractivity contribution >= 4 is 40.6 Å². The lowest BCUT2D eigenvalue weighted by molar-refractivity contribution is 0.0946. The zero-order valence-electron chi connectivity index (χ0n) is 21.1. The van der Waals surface area contributed by atoms with E-state index in [1.54, 1.807) is 16.2 Å². The van der Waals surface area contributed by atoms with Crippen LogP contribution in [0.15, 0.2) is 53.2 Å². The molecule has 1 aliphatic rings. The molecule has 37 heavy (non-hydrogen) atoms. The molecule has 0 spiro atoms. The highest BCUT2D eigenvalue weighted by atomic mass is 35.5. The normalized spacial score (nSPS) is 15.5. The van der Waals surface area contributed by atoms with Gasteiger partial charge in [0.1, 0.15) is 0 Å². The van der Waals surface area contributed by atoms with Crippen LogP contribution in [-0.4, -0.2) is 60.8 Å². The summed E-state index contributed by atoms with van der Waals surface area (Å²) in [5.74, 6) is 0. The SMILES string of the molecule is CN1CCC(N(C)C(=O)NC(COCc2cccc(CO)c2)c2ccc(-c3ccsc3)c(Cl)c2Cl)CC1. The molecule has 2 N–H and O–H groups in total. The third-order valence-electron chi connectivity index (χ3n) is 6.90. The van der Waals surface area contributed by atoms with Gasteiger partial charge in [-0.2, -0.15) is 11.3 Å². The molecule has 0 bridgehead atoms. The Balaban J connectivity index is 1.53. The Labute approximate surface area is 232 Å². The number of aliphatic hydroxyl groups excluding tert-OH is 1. The van der Waals surface area contributed by atoms with Gasteiger partial charge in [-0.1, -0.05) is 59.6 Å². The second kappa shape index (κ2) is 13.1. The molecule has 9 heteroatoms. The minimum absolute atomic E-state index is 0.0274. The molecular formula is C28H33Cl2N3O3S. The average Bonchev–Trinajstić information content (AvgIpc) is 3.44. The summed E-state index contributed by atoms with van der Waals surface area (Å²) in [5.41, 5.74) is 4.33. The topological polar surface area (TPSA) is 65.0 Å². The van der Waals surface area contributed by atoms with Crippen molar-refractivity contribution in [2.75, 3.05) is 33.8 Å². The van der Waals surface area contributed by atoms with Crippen LogP contribution in [0, 0.1) is 0 Å². The highest BCUT2D eigenvalue weighted by Crippen LogP contribution is 2.39. The van der Waals surface area contributed by atoms with E-state index in [1.807, 2.05) is 60.3 Å². The van der Waals surface area contributed by atoms with E-state index in [-0.39, 0.29) is 25.3 Å². The van der Waals surface area contributed by atoms with E-state index >= 15 is 0 Å². The van der Waals surface area contributed by atoms with Crippen LogP contribution >= 0.6 is 34.5 Å². The van der Waals surface area contributed by atoms with Crippen molar-refractivity contribution in [3.8, 4) is 11.1 Å². The fraction of sp³-hybridized carbons (Fsp3) is 0.393. The third-order valence-corrected chi connectivity index (χ3v) is 8.48. The van der Waals surface area contributed by atoms with Crippen molar-refractivity contribution in [1.82, 2.24) is 15.1 Å². The van der Waals surface area contributed by atoms with Gasteiger partial charge in [0.25, 0.3) is 0 Å². The van der Waals surface area contributed by atoms with Crippen LogP contribution in [0.1, 0.15) is 35.6 Å². The fourth-order valence-corrected chi connectivity index (χ4v) is 5.83. The van der Waals surface area contributed by atoms with Gasteiger partial charge in [0, 0.05) is 18.7 Å². The van der Waals surface area contributed by atoms with E-state index < -0.39 is 6.04 Å². The van der Waals surface area contributed by atoms with Gasteiger partial charge >= 0.3 is 6.03 Å². The number of aliphatic hydroxyl groups is 1. The van der Waals surface area contributed by atoms with Crippen LogP contribution in [0.25, 0.3) is 11.1 Å². The second-order valence-corrected chi connectivity index (χ2v) is 11.0. The maximum atomic E-state index is 13.3. The molecule has 0 radical (unpaired) electrons. The van der Waals surface area contributed by atoms with Gasteiger partial charge in [0.05, 0.1) is 35.9 Å². The van der Waals surface area contributed by atoms with Crippen molar-refractivity contribution in [2.45, 2.75) is 38.1 Å². The summed E-state index contributed by atoms with van der Waals surface area (Å²) >= 11 is 15.1. The fourth-order valence-electron chi connectivity index (χ4n) is 4.59. The van der Waals surface area contributed by atoms with Gasteiger partial charge in [-0.25, -0.2) is 4.79 Å².